The lowest BCUT2D eigenvalue weighted by molar-refractivity contribution is 0.0455. The Morgan fingerprint density at radius 1 is 1.21 bits per heavy atom. The van der Waals surface area contributed by atoms with Crippen LogP contribution in [0.3, 0.4) is 0 Å². The highest BCUT2D eigenvalue weighted by molar-refractivity contribution is 5.68. The number of amides is 1. The average Bonchev–Trinajstić information content (AvgIpc) is 2.80. The van der Waals surface area contributed by atoms with E-state index in [9.17, 15) is 4.79 Å². The number of piperidine rings is 1. The summed E-state index contributed by atoms with van der Waals surface area (Å²) in [6, 6.07) is 0.277. The van der Waals surface area contributed by atoms with Crippen LogP contribution in [-0.4, -0.2) is 30.8 Å². The summed E-state index contributed by atoms with van der Waals surface area (Å²) >= 11 is 0. The molecule has 1 saturated carbocycles. The molecule has 0 aromatic carbocycles. The van der Waals surface area contributed by atoms with Crippen LogP contribution in [0.2, 0.25) is 0 Å². The lowest BCUT2D eigenvalue weighted by Crippen LogP contribution is -2.52. The first-order chi connectivity index (χ1) is 8.96. The van der Waals surface area contributed by atoms with Gasteiger partial charge in [-0.2, -0.15) is 0 Å². The smallest absolute Gasteiger partial charge is 0.407 e. The highest BCUT2D eigenvalue weighted by Crippen LogP contribution is 2.34. The molecule has 0 radical (unpaired) electrons. The van der Waals surface area contributed by atoms with E-state index >= 15 is 0 Å². The molecular weight excluding hydrogens is 240 g/mol. The van der Waals surface area contributed by atoms with Crippen LogP contribution < -0.4 is 10.6 Å². The van der Waals surface area contributed by atoms with Gasteiger partial charge < -0.3 is 15.4 Å². The van der Waals surface area contributed by atoms with Crippen molar-refractivity contribution >= 4 is 6.09 Å². The lowest BCUT2D eigenvalue weighted by atomic mass is 9.81. The van der Waals surface area contributed by atoms with Crippen molar-refractivity contribution in [2.45, 2.75) is 64.5 Å². The Bertz CT molecular complexity index is 306. The molecule has 1 aliphatic heterocycles. The Morgan fingerprint density at radius 3 is 2.53 bits per heavy atom. The molecule has 110 valence electrons. The van der Waals surface area contributed by atoms with E-state index in [0.29, 0.717) is 5.92 Å². The van der Waals surface area contributed by atoms with Gasteiger partial charge in [0.1, 0.15) is 5.60 Å². The van der Waals surface area contributed by atoms with E-state index in [0.717, 1.165) is 25.4 Å². The molecule has 2 aliphatic rings. The van der Waals surface area contributed by atoms with Crippen LogP contribution in [-0.2, 0) is 4.74 Å². The average molecular weight is 268 g/mol. The second kappa shape index (κ2) is 6.12. The van der Waals surface area contributed by atoms with Crippen molar-refractivity contribution < 1.29 is 9.53 Å². The normalized spacial score (nSPS) is 29.2. The number of carbonyl (C=O) groups excluding carboxylic acids is 1. The van der Waals surface area contributed by atoms with Gasteiger partial charge in [0, 0.05) is 12.6 Å². The fraction of sp³-hybridized carbons (Fsp3) is 0.933. The van der Waals surface area contributed by atoms with E-state index in [1.54, 1.807) is 0 Å². The van der Waals surface area contributed by atoms with Gasteiger partial charge in [-0.05, 0) is 45.6 Å². The minimum atomic E-state index is -0.417. The van der Waals surface area contributed by atoms with Gasteiger partial charge in [-0.1, -0.05) is 25.7 Å². The minimum Gasteiger partial charge on any atom is -0.444 e. The maximum absolute atomic E-state index is 11.9. The number of hydrogen-bond donors (Lipinski definition) is 2. The molecule has 19 heavy (non-hydrogen) atoms. The largest absolute Gasteiger partial charge is 0.444 e. The molecule has 2 N–H and O–H groups in total. The summed E-state index contributed by atoms with van der Waals surface area (Å²) in [6.07, 6.45) is 6.08. The molecule has 2 fully saturated rings. The molecule has 0 aromatic rings. The molecule has 2 rings (SSSR count). The fourth-order valence-electron chi connectivity index (χ4n) is 3.40. The van der Waals surface area contributed by atoms with Crippen molar-refractivity contribution in [1.82, 2.24) is 10.6 Å². The third-order valence-electron chi connectivity index (χ3n) is 4.24. The van der Waals surface area contributed by atoms with Crippen molar-refractivity contribution in [2.24, 2.45) is 11.8 Å². The highest BCUT2D eigenvalue weighted by atomic mass is 16.6. The molecular formula is C15H28N2O2. The molecule has 2 atom stereocenters. The SMILES string of the molecule is CC(C)(C)OC(=O)NC1CCNCC1C1CCCC1. The van der Waals surface area contributed by atoms with Crippen molar-refractivity contribution in [1.29, 1.82) is 0 Å². The topological polar surface area (TPSA) is 50.4 Å². The van der Waals surface area contributed by atoms with Crippen LogP contribution in [0.25, 0.3) is 0 Å². The van der Waals surface area contributed by atoms with Crippen LogP contribution in [0.1, 0.15) is 52.9 Å². The van der Waals surface area contributed by atoms with Gasteiger partial charge in [0.2, 0.25) is 0 Å². The standard InChI is InChI=1S/C15H28N2O2/c1-15(2,3)19-14(18)17-13-8-9-16-10-12(13)11-6-4-5-7-11/h11-13,16H,4-10H2,1-3H3,(H,17,18). The van der Waals surface area contributed by atoms with E-state index < -0.39 is 5.60 Å². The molecule has 4 nitrogen and oxygen atoms in total. The predicted octanol–water partition coefficient (Wildman–Crippen LogP) is 2.68. The number of ether oxygens (including phenoxy) is 1. The second-order valence-electron chi connectivity index (χ2n) is 6.95. The zero-order chi connectivity index (χ0) is 13.9. The molecule has 1 saturated heterocycles. The maximum atomic E-state index is 11.9. The molecule has 2 unspecified atom stereocenters. The van der Waals surface area contributed by atoms with E-state index in [-0.39, 0.29) is 12.1 Å². The second-order valence-corrected chi connectivity index (χ2v) is 6.95. The highest BCUT2D eigenvalue weighted by Gasteiger charge is 2.34. The summed E-state index contributed by atoms with van der Waals surface area (Å²) in [6.45, 7) is 7.74. The molecule has 1 aliphatic carbocycles. The quantitative estimate of drug-likeness (QED) is 0.809. The number of nitrogens with one attached hydrogen (secondary N) is 2. The van der Waals surface area contributed by atoms with E-state index in [1.165, 1.54) is 25.7 Å². The zero-order valence-electron chi connectivity index (χ0n) is 12.5. The van der Waals surface area contributed by atoms with Gasteiger partial charge in [0.05, 0.1) is 0 Å². The Balaban J connectivity index is 1.90. The lowest BCUT2D eigenvalue weighted by Gasteiger charge is -2.36. The number of rotatable bonds is 2. The van der Waals surface area contributed by atoms with Gasteiger partial charge in [-0.15, -0.1) is 0 Å². The Kier molecular flexibility index (Phi) is 4.71. The molecule has 4 heteroatoms. The van der Waals surface area contributed by atoms with Gasteiger partial charge in [0.25, 0.3) is 0 Å². The van der Waals surface area contributed by atoms with Crippen LogP contribution in [0.4, 0.5) is 4.79 Å². The van der Waals surface area contributed by atoms with Gasteiger partial charge in [0.15, 0.2) is 0 Å². The summed E-state index contributed by atoms with van der Waals surface area (Å²) in [5, 5.41) is 6.57. The monoisotopic (exact) mass is 268 g/mol. The third-order valence-corrected chi connectivity index (χ3v) is 4.24. The molecule has 0 spiro atoms. The number of carbonyl (C=O) groups is 1. The molecule has 1 amide bonds. The fourth-order valence-corrected chi connectivity index (χ4v) is 3.40. The summed E-state index contributed by atoms with van der Waals surface area (Å²) < 4.78 is 5.38. The third kappa shape index (κ3) is 4.37. The molecule has 0 bridgehead atoms. The number of hydrogen-bond acceptors (Lipinski definition) is 3. The van der Waals surface area contributed by atoms with Crippen LogP contribution in [0.5, 0.6) is 0 Å². The Hall–Kier alpha value is -0.770. The first kappa shape index (κ1) is 14.6. The van der Waals surface area contributed by atoms with Gasteiger partial charge in [-0.3, -0.25) is 0 Å². The van der Waals surface area contributed by atoms with Crippen molar-refractivity contribution in [3.63, 3.8) is 0 Å². The van der Waals surface area contributed by atoms with Crippen molar-refractivity contribution in [2.75, 3.05) is 13.1 Å². The first-order valence-corrected chi connectivity index (χ1v) is 7.66. The van der Waals surface area contributed by atoms with E-state index in [2.05, 4.69) is 10.6 Å². The van der Waals surface area contributed by atoms with Crippen LogP contribution >= 0.6 is 0 Å². The van der Waals surface area contributed by atoms with Crippen LogP contribution in [0.15, 0.2) is 0 Å². The zero-order valence-corrected chi connectivity index (χ0v) is 12.5. The molecule has 1 heterocycles. The van der Waals surface area contributed by atoms with Gasteiger partial charge >= 0.3 is 6.09 Å². The first-order valence-electron chi connectivity index (χ1n) is 7.66. The maximum Gasteiger partial charge on any atom is 0.407 e. The Labute approximate surface area is 116 Å². The number of alkyl carbamates (subject to hydrolysis) is 1. The summed E-state index contributed by atoms with van der Waals surface area (Å²) in [5.74, 6) is 1.34. The predicted molar refractivity (Wildman–Crippen MR) is 76.1 cm³/mol. The van der Waals surface area contributed by atoms with E-state index in [1.807, 2.05) is 20.8 Å². The van der Waals surface area contributed by atoms with Crippen molar-refractivity contribution in [3.8, 4) is 0 Å². The van der Waals surface area contributed by atoms with Crippen LogP contribution in [0, 0.1) is 11.8 Å². The minimum absolute atomic E-state index is 0.262. The summed E-state index contributed by atoms with van der Waals surface area (Å²) in [4.78, 5) is 11.9. The summed E-state index contributed by atoms with van der Waals surface area (Å²) in [7, 11) is 0. The Morgan fingerprint density at radius 2 is 1.89 bits per heavy atom. The molecule has 0 aromatic heterocycles. The summed E-state index contributed by atoms with van der Waals surface area (Å²) in [5.41, 5.74) is -0.417. The van der Waals surface area contributed by atoms with Crippen molar-refractivity contribution in [3.05, 3.63) is 0 Å². The van der Waals surface area contributed by atoms with Gasteiger partial charge in [-0.25, -0.2) is 4.79 Å². The van der Waals surface area contributed by atoms with E-state index in [4.69, 9.17) is 4.74 Å².